The monoisotopic (exact) mass is 365 g/mol. The molecule has 0 aliphatic rings. The van der Waals surface area contributed by atoms with Crippen molar-refractivity contribution in [2.45, 2.75) is 20.4 Å². The molecule has 1 amide bonds. The quantitative estimate of drug-likeness (QED) is 0.727. The van der Waals surface area contributed by atoms with Crippen LogP contribution in [0.25, 0.3) is 5.69 Å². The van der Waals surface area contributed by atoms with E-state index in [4.69, 9.17) is 9.47 Å². The van der Waals surface area contributed by atoms with Crippen LogP contribution in [0.1, 0.15) is 27.3 Å². The molecule has 1 N–H and O–H groups in total. The lowest BCUT2D eigenvalue weighted by Gasteiger charge is -2.13. The second-order valence-corrected chi connectivity index (χ2v) is 6.13. The van der Waals surface area contributed by atoms with Gasteiger partial charge in [0.25, 0.3) is 5.91 Å². The first-order valence-corrected chi connectivity index (χ1v) is 8.66. The van der Waals surface area contributed by atoms with E-state index in [9.17, 15) is 4.79 Å². The number of carbonyl (C=O) groups excluding carboxylic acids is 1. The van der Waals surface area contributed by atoms with Crippen molar-refractivity contribution in [3.05, 3.63) is 71.0 Å². The van der Waals surface area contributed by atoms with Crippen molar-refractivity contribution in [3.63, 3.8) is 0 Å². The minimum Gasteiger partial charge on any atom is -0.493 e. The summed E-state index contributed by atoms with van der Waals surface area (Å²) < 4.78 is 12.5. The highest BCUT2D eigenvalue weighted by Gasteiger charge is 2.20. The first-order valence-electron chi connectivity index (χ1n) is 8.66. The Labute approximate surface area is 158 Å². The topological polar surface area (TPSA) is 65.4 Å². The maximum Gasteiger partial charge on any atom is 0.255 e. The third kappa shape index (κ3) is 3.65. The first kappa shape index (κ1) is 18.5. The summed E-state index contributed by atoms with van der Waals surface area (Å²) in [6.07, 6.45) is 0. The van der Waals surface area contributed by atoms with Gasteiger partial charge in [0, 0.05) is 12.1 Å². The summed E-state index contributed by atoms with van der Waals surface area (Å²) in [6, 6.07) is 15.3. The molecule has 0 radical (unpaired) electrons. The zero-order valence-corrected chi connectivity index (χ0v) is 15.9. The lowest BCUT2D eigenvalue weighted by molar-refractivity contribution is 0.0949. The molecule has 27 heavy (non-hydrogen) atoms. The Balaban J connectivity index is 1.83. The van der Waals surface area contributed by atoms with Crippen LogP contribution in [0.3, 0.4) is 0 Å². The average Bonchev–Trinajstić information content (AvgIpc) is 3.00. The summed E-state index contributed by atoms with van der Waals surface area (Å²) in [7, 11) is 3.17. The predicted octanol–water partition coefficient (Wildman–Crippen LogP) is 3.44. The van der Waals surface area contributed by atoms with Crippen molar-refractivity contribution in [2.24, 2.45) is 0 Å². The van der Waals surface area contributed by atoms with Crippen LogP contribution in [0, 0.1) is 13.8 Å². The van der Waals surface area contributed by atoms with E-state index in [1.807, 2.05) is 62.4 Å². The van der Waals surface area contributed by atoms with Crippen LogP contribution < -0.4 is 14.8 Å². The summed E-state index contributed by atoms with van der Waals surface area (Å²) in [5.74, 6) is 1.08. The number of ether oxygens (including phenoxy) is 2. The SMILES string of the molecule is COc1cccc(CNC(=O)c2c(C)nn(-c3ccccc3)c2C)c1OC. The van der Waals surface area contributed by atoms with Gasteiger partial charge >= 0.3 is 0 Å². The molecule has 0 saturated carbocycles. The van der Waals surface area contributed by atoms with E-state index in [0.717, 1.165) is 16.9 Å². The minimum atomic E-state index is -0.169. The smallest absolute Gasteiger partial charge is 0.255 e. The maximum atomic E-state index is 12.8. The number of hydrogen-bond donors (Lipinski definition) is 1. The number of hydrogen-bond acceptors (Lipinski definition) is 4. The number of aromatic nitrogens is 2. The molecule has 1 heterocycles. The van der Waals surface area contributed by atoms with E-state index in [0.29, 0.717) is 29.3 Å². The molecule has 3 rings (SSSR count). The molecule has 1 aromatic heterocycles. The second kappa shape index (κ2) is 7.95. The van der Waals surface area contributed by atoms with Gasteiger partial charge in [-0.15, -0.1) is 0 Å². The summed E-state index contributed by atoms with van der Waals surface area (Å²) in [5.41, 5.74) is 3.84. The van der Waals surface area contributed by atoms with Crippen LogP contribution in [-0.2, 0) is 6.54 Å². The molecule has 0 bridgehead atoms. The average molecular weight is 365 g/mol. The summed E-state index contributed by atoms with van der Waals surface area (Å²) >= 11 is 0. The van der Waals surface area contributed by atoms with E-state index in [-0.39, 0.29) is 5.91 Å². The molecule has 0 spiro atoms. The molecule has 0 atom stereocenters. The zero-order valence-electron chi connectivity index (χ0n) is 15.9. The van der Waals surface area contributed by atoms with Crippen LogP contribution in [0.4, 0.5) is 0 Å². The Morgan fingerprint density at radius 1 is 1.04 bits per heavy atom. The van der Waals surface area contributed by atoms with Crippen LogP contribution >= 0.6 is 0 Å². The molecule has 0 saturated heterocycles. The number of benzene rings is 2. The number of nitrogens with zero attached hydrogens (tertiary/aromatic N) is 2. The third-order valence-corrected chi connectivity index (χ3v) is 4.44. The Morgan fingerprint density at radius 2 is 1.78 bits per heavy atom. The second-order valence-electron chi connectivity index (χ2n) is 6.13. The molecule has 3 aromatic rings. The van der Waals surface area contributed by atoms with Gasteiger partial charge in [0.2, 0.25) is 0 Å². The number of rotatable bonds is 6. The molecule has 140 valence electrons. The van der Waals surface area contributed by atoms with Crippen LogP contribution in [-0.4, -0.2) is 29.9 Å². The van der Waals surface area contributed by atoms with Gasteiger partial charge in [-0.2, -0.15) is 5.10 Å². The van der Waals surface area contributed by atoms with E-state index < -0.39 is 0 Å². The lowest BCUT2D eigenvalue weighted by Crippen LogP contribution is -2.24. The van der Waals surface area contributed by atoms with Crippen LogP contribution in [0.2, 0.25) is 0 Å². The normalized spacial score (nSPS) is 10.5. The number of aryl methyl sites for hydroxylation is 1. The number of carbonyl (C=O) groups is 1. The van der Waals surface area contributed by atoms with Gasteiger partial charge in [-0.3, -0.25) is 4.79 Å². The first-order chi connectivity index (χ1) is 13.1. The Kier molecular flexibility index (Phi) is 5.45. The standard InChI is InChI=1S/C21H23N3O3/c1-14-19(15(2)24(23-14)17-10-6-5-7-11-17)21(25)22-13-16-9-8-12-18(26-3)20(16)27-4/h5-12H,13H2,1-4H3,(H,22,25). The van der Waals surface area contributed by atoms with Gasteiger partial charge in [-0.25, -0.2) is 4.68 Å². The van der Waals surface area contributed by atoms with Crippen molar-refractivity contribution >= 4 is 5.91 Å². The van der Waals surface area contributed by atoms with Gasteiger partial charge in [-0.05, 0) is 32.0 Å². The summed E-state index contributed by atoms with van der Waals surface area (Å²) in [6.45, 7) is 4.07. The Morgan fingerprint density at radius 3 is 2.44 bits per heavy atom. The Bertz CT molecular complexity index is 949. The fraction of sp³-hybridized carbons (Fsp3) is 0.238. The molecule has 0 aliphatic carbocycles. The highest BCUT2D eigenvalue weighted by molar-refractivity contribution is 5.96. The van der Waals surface area contributed by atoms with Crippen molar-refractivity contribution in [2.75, 3.05) is 14.2 Å². The van der Waals surface area contributed by atoms with Gasteiger partial charge in [0.05, 0.1) is 36.9 Å². The van der Waals surface area contributed by atoms with Gasteiger partial charge in [0.1, 0.15) is 0 Å². The largest absolute Gasteiger partial charge is 0.493 e. The highest BCUT2D eigenvalue weighted by atomic mass is 16.5. The van der Waals surface area contributed by atoms with Crippen molar-refractivity contribution in [1.82, 2.24) is 15.1 Å². The molecular formula is C21H23N3O3. The Hall–Kier alpha value is -3.28. The predicted molar refractivity (Wildman–Crippen MR) is 104 cm³/mol. The molecule has 2 aromatic carbocycles. The fourth-order valence-electron chi connectivity index (χ4n) is 3.15. The van der Waals surface area contributed by atoms with E-state index >= 15 is 0 Å². The summed E-state index contributed by atoms with van der Waals surface area (Å²) in [5, 5.41) is 7.49. The fourth-order valence-corrected chi connectivity index (χ4v) is 3.15. The number of amides is 1. The zero-order chi connectivity index (χ0) is 19.4. The van der Waals surface area contributed by atoms with Crippen molar-refractivity contribution < 1.29 is 14.3 Å². The highest BCUT2D eigenvalue weighted by Crippen LogP contribution is 2.30. The van der Waals surface area contributed by atoms with Crippen LogP contribution in [0.15, 0.2) is 48.5 Å². The van der Waals surface area contributed by atoms with Crippen molar-refractivity contribution in [3.8, 4) is 17.2 Å². The van der Waals surface area contributed by atoms with E-state index in [1.54, 1.807) is 18.9 Å². The van der Waals surface area contributed by atoms with Gasteiger partial charge < -0.3 is 14.8 Å². The molecule has 6 heteroatoms. The summed E-state index contributed by atoms with van der Waals surface area (Å²) in [4.78, 5) is 12.8. The lowest BCUT2D eigenvalue weighted by atomic mass is 10.1. The van der Waals surface area contributed by atoms with Gasteiger partial charge in [-0.1, -0.05) is 30.3 Å². The third-order valence-electron chi connectivity index (χ3n) is 4.44. The number of para-hydroxylation sites is 2. The van der Waals surface area contributed by atoms with Crippen molar-refractivity contribution in [1.29, 1.82) is 0 Å². The van der Waals surface area contributed by atoms with Crippen LogP contribution in [0.5, 0.6) is 11.5 Å². The molecule has 6 nitrogen and oxygen atoms in total. The number of methoxy groups -OCH3 is 2. The molecule has 0 aliphatic heterocycles. The molecule has 0 unspecified atom stereocenters. The maximum absolute atomic E-state index is 12.8. The minimum absolute atomic E-state index is 0.169. The van der Waals surface area contributed by atoms with Gasteiger partial charge in [0.15, 0.2) is 11.5 Å². The van der Waals surface area contributed by atoms with E-state index in [2.05, 4.69) is 10.4 Å². The molecule has 0 fully saturated rings. The molecular weight excluding hydrogens is 342 g/mol. The number of nitrogens with one attached hydrogen (secondary N) is 1. The van der Waals surface area contributed by atoms with E-state index in [1.165, 1.54) is 0 Å².